The van der Waals surface area contributed by atoms with Gasteiger partial charge in [0, 0.05) is 28.7 Å². The van der Waals surface area contributed by atoms with Gasteiger partial charge >= 0.3 is 0 Å². The molecule has 0 aliphatic heterocycles. The molecule has 4 heteroatoms. The van der Waals surface area contributed by atoms with Crippen LogP contribution in [0.1, 0.15) is 19.4 Å². The second kappa shape index (κ2) is 5.37. The molecular weight excluding hydrogens is 243 g/mol. The van der Waals surface area contributed by atoms with Gasteiger partial charge in [0.05, 0.1) is 0 Å². The van der Waals surface area contributed by atoms with E-state index in [0.29, 0.717) is 16.6 Å². The zero-order valence-electron chi connectivity index (χ0n) is 9.93. The van der Waals surface area contributed by atoms with Crippen LogP contribution < -0.4 is 5.73 Å². The summed E-state index contributed by atoms with van der Waals surface area (Å²) < 4.78 is 0. The molecule has 16 heavy (non-hydrogen) atoms. The third kappa shape index (κ3) is 3.36. The van der Waals surface area contributed by atoms with Gasteiger partial charge in [-0.25, -0.2) is 0 Å². The number of benzene rings is 1. The van der Waals surface area contributed by atoms with Crippen LogP contribution in [-0.2, 0) is 6.54 Å². The van der Waals surface area contributed by atoms with E-state index in [0.717, 1.165) is 12.1 Å². The van der Waals surface area contributed by atoms with Gasteiger partial charge in [-0.1, -0.05) is 29.3 Å². The van der Waals surface area contributed by atoms with Gasteiger partial charge in [-0.05, 0) is 38.6 Å². The van der Waals surface area contributed by atoms with Crippen LogP contribution in [0.15, 0.2) is 18.2 Å². The molecule has 0 aromatic heterocycles. The van der Waals surface area contributed by atoms with E-state index in [-0.39, 0.29) is 5.54 Å². The molecule has 2 N–H and O–H groups in total. The van der Waals surface area contributed by atoms with Crippen LogP contribution in [0.25, 0.3) is 0 Å². The molecular formula is C12H18Cl2N2. The number of hydrogen-bond acceptors (Lipinski definition) is 2. The summed E-state index contributed by atoms with van der Waals surface area (Å²) in [5, 5.41) is 1.36. The SMILES string of the molecule is CN(Cc1ccc(Cl)cc1Cl)C(C)(C)CN. The summed E-state index contributed by atoms with van der Waals surface area (Å²) >= 11 is 12.0. The Balaban J connectivity index is 2.81. The lowest BCUT2D eigenvalue weighted by atomic mass is 10.0. The van der Waals surface area contributed by atoms with Crippen molar-refractivity contribution >= 4 is 23.2 Å². The lowest BCUT2D eigenvalue weighted by molar-refractivity contribution is 0.156. The molecule has 0 bridgehead atoms. The fourth-order valence-electron chi connectivity index (χ4n) is 1.28. The van der Waals surface area contributed by atoms with Crippen molar-refractivity contribution in [1.29, 1.82) is 0 Å². The molecule has 0 saturated carbocycles. The molecule has 90 valence electrons. The Hall–Kier alpha value is -0.280. The average Bonchev–Trinajstić information content (AvgIpc) is 2.22. The number of nitrogens with zero attached hydrogens (tertiary/aromatic N) is 1. The Bertz CT molecular complexity index is 364. The summed E-state index contributed by atoms with van der Waals surface area (Å²) in [4.78, 5) is 2.18. The van der Waals surface area contributed by atoms with Crippen LogP contribution in [-0.4, -0.2) is 24.0 Å². The first-order valence-corrected chi connectivity index (χ1v) is 5.97. The van der Waals surface area contributed by atoms with E-state index in [1.807, 2.05) is 19.2 Å². The maximum absolute atomic E-state index is 6.12. The van der Waals surface area contributed by atoms with Crippen molar-refractivity contribution in [3.05, 3.63) is 33.8 Å². The largest absolute Gasteiger partial charge is 0.329 e. The van der Waals surface area contributed by atoms with Crippen LogP contribution in [0.5, 0.6) is 0 Å². The van der Waals surface area contributed by atoms with E-state index in [4.69, 9.17) is 28.9 Å². The summed E-state index contributed by atoms with van der Waals surface area (Å²) in [7, 11) is 2.04. The van der Waals surface area contributed by atoms with Crippen molar-refractivity contribution in [2.75, 3.05) is 13.6 Å². The molecule has 0 saturated heterocycles. The van der Waals surface area contributed by atoms with Gasteiger partial charge in [0.15, 0.2) is 0 Å². The van der Waals surface area contributed by atoms with Crippen molar-refractivity contribution in [2.45, 2.75) is 25.9 Å². The highest BCUT2D eigenvalue weighted by molar-refractivity contribution is 6.35. The van der Waals surface area contributed by atoms with Crippen molar-refractivity contribution in [2.24, 2.45) is 5.73 Å². The minimum atomic E-state index is -0.0387. The van der Waals surface area contributed by atoms with Gasteiger partial charge in [0.25, 0.3) is 0 Å². The lowest BCUT2D eigenvalue weighted by Gasteiger charge is -2.34. The molecule has 0 radical (unpaired) electrons. The summed E-state index contributed by atoms with van der Waals surface area (Å²) in [5.74, 6) is 0. The molecule has 0 heterocycles. The molecule has 1 aromatic carbocycles. The molecule has 0 atom stereocenters. The first-order valence-electron chi connectivity index (χ1n) is 5.22. The maximum Gasteiger partial charge on any atom is 0.0465 e. The van der Waals surface area contributed by atoms with E-state index in [2.05, 4.69) is 18.7 Å². The topological polar surface area (TPSA) is 29.3 Å². The molecule has 0 aliphatic carbocycles. The van der Waals surface area contributed by atoms with Gasteiger partial charge < -0.3 is 5.73 Å². The van der Waals surface area contributed by atoms with Crippen LogP contribution in [0, 0.1) is 0 Å². The van der Waals surface area contributed by atoms with E-state index in [9.17, 15) is 0 Å². The highest BCUT2D eigenvalue weighted by Crippen LogP contribution is 2.24. The van der Waals surface area contributed by atoms with Gasteiger partial charge in [-0.2, -0.15) is 0 Å². The van der Waals surface area contributed by atoms with Gasteiger partial charge in [-0.15, -0.1) is 0 Å². The third-order valence-corrected chi connectivity index (χ3v) is 3.54. The first-order chi connectivity index (χ1) is 7.36. The Kier molecular flexibility index (Phi) is 4.62. The number of rotatable bonds is 4. The zero-order chi connectivity index (χ0) is 12.3. The van der Waals surface area contributed by atoms with Crippen LogP contribution in [0.4, 0.5) is 0 Å². The standard InChI is InChI=1S/C12H18Cl2N2/c1-12(2,8-15)16(3)7-9-4-5-10(13)6-11(9)14/h4-6H,7-8,15H2,1-3H3. The molecule has 1 aromatic rings. The maximum atomic E-state index is 6.12. The minimum absolute atomic E-state index is 0.0387. The number of likely N-dealkylation sites (N-methyl/N-ethyl adjacent to an activating group) is 1. The second-order valence-corrected chi connectivity index (χ2v) is 5.45. The normalized spacial score (nSPS) is 12.2. The Labute approximate surface area is 107 Å². The van der Waals surface area contributed by atoms with E-state index in [1.54, 1.807) is 6.07 Å². The smallest absolute Gasteiger partial charge is 0.0465 e. The summed E-state index contributed by atoms with van der Waals surface area (Å²) in [6.07, 6.45) is 0. The Morgan fingerprint density at radius 2 is 1.94 bits per heavy atom. The first kappa shape index (κ1) is 13.8. The van der Waals surface area contributed by atoms with Crippen molar-refractivity contribution < 1.29 is 0 Å². The predicted octanol–water partition coefficient (Wildman–Crippen LogP) is 3.16. The van der Waals surface area contributed by atoms with Crippen LogP contribution in [0.3, 0.4) is 0 Å². The molecule has 2 nitrogen and oxygen atoms in total. The van der Waals surface area contributed by atoms with Crippen LogP contribution >= 0.6 is 23.2 Å². The van der Waals surface area contributed by atoms with Crippen molar-refractivity contribution in [3.63, 3.8) is 0 Å². The molecule has 0 amide bonds. The minimum Gasteiger partial charge on any atom is -0.329 e. The predicted molar refractivity (Wildman–Crippen MR) is 71.1 cm³/mol. The monoisotopic (exact) mass is 260 g/mol. The van der Waals surface area contributed by atoms with Crippen molar-refractivity contribution in [3.8, 4) is 0 Å². The molecule has 1 rings (SSSR count). The van der Waals surface area contributed by atoms with Gasteiger partial charge in [-0.3, -0.25) is 4.90 Å². The number of hydrogen-bond donors (Lipinski definition) is 1. The number of halogens is 2. The Morgan fingerprint density at radius 1 is 1.31 bits per heavy atom. The fourth-order valence-corrected chi connectivity index (χ4v) is 1.74. The Morgan fingerprint density at radius 3 is 2.44 bits per heavy atom. The van der Waals surface area contributed by atoms with E-state index in [1.165, 1.54) is 0 Å². The fraction of sp³-hybridized carbons (Fsp3) is 0.500. The molecule has 0 fully saturated rings. The van der Waals surface area contributed by atoms with E-state index >= 15 is 0 Å². The summed E-state index contributed by atoms with van der Waals surface area (Å²) in [6, 6.07) is 5.57. The third-order valence-electron chi connectivity index (χ3n) is 2.96. The van der Waals surface area contributed by atoms with Gasteiger partial charge in [0.1, 0.15) is 0 Å². The zero-order valence-corrected chi connectivity index (χ0v) is 11.4. The summed E-state index contributed by atoms with van der Waals surface area (Å²) in [5.41, 5.74) is 6.75. The molecule has 0 aliphatic rings. The van der Waals surface area contributed by atoms with E-state index < -0.39 is 0 Å². The average molecular weight is 261 g/mol. The number of nitrogens with two attached hydrogens (primary N) is 1. The highest BCUT2D eigenvalue weighted by atomic mass is 35.5. The highest BCUT2D eigenvalue weighted by Gasteiger charge is 2.22. The second-order valence-electron chi connectivity index (χ2n) is 4.61. The molecule has 0 unspecified atom stereocenters. The van der Waals surface area contributed by atoms with Gasteiger partial charge in [0.2, 0.25) is 0 Å². The van der Waals surface area contributed by atoms with Crippen molar-refractivity contribution in [1.82, 2.24) is 4.90 Å². The van der Waals surface area contributed by atoms with Crippen LogP contribution in [0.2, 0.25) is 10.0 Å². The quantitative estimate of drug-likeness (QED) is 0.902. The molecule has 0 spiro atoms. The summed E-state index contributed by atoms with van der Waals surface area (Å²) in [6.45, 7) is 5.59. The lowest BCUT2D eigenvalue weighted by Crippen LogP contribution is -2.46.